The van der Waals surface area contributed by atoms with Crippen LogP contribution >= 0.6 is 11.8 Å². The summed E-state index contributed by atoms with van der Waals surface area (Å²) in [7, 11) is -2.23. The Balaban J connectivity index is 1.81. The van der Waals surface area contributed by atoms with Crippen molar-refractivity contribution >= 4 is 45.0 Å². The molecule has 2 amide bonds. The first-order valence-corrected chi connectivity index (χ1v) is 10.0. The van der Waals surface area contributed by atoms with Crippen LogP contribution in [0.5, 0.6) is 0 Å². The first-order valence-electron chi connectivity index (χ1n) is 7.71. The van der Waals surface area contributed by atoms with Crippen molar-refractivity contribution in [2.75, 3.05) is 17.7 Å². The smallest absolute Gasteiger partial charge is 0.250 e. The fourth-order valence-corrected chi connectivity index (χ4v) is 4.23. The van der Waals surface area contributed by atoms with Crippen molar-refractivity contribution in [2.45, 2.75) is 21.5 Å². The van der Waals surface area contributed by atoms with E-state index in [0.717, 1.165) is 4.90 Å². The maximum Gasteiger partial charge on any atom is 0.250 e. The lowest BCUT2D eigenvalue weighted by molar-refractivity contribution is -0.126. The summed E-state index contributed by atoms with van der Waals surface area (Å²) in [5, 5.41) is 5.42. The number of sulfonamides is 1. The summed E-state index contributed by atoms with van der Waals surface area (Å²) >= 11 is 1.18. The van der Waals surface area contributed by atoms with Gasteiger partial charge in [-0.15, -0.1) is 0 Å². The summed E-state index contributed by atoms with van der Waals surface area (Å²) in [4.78, 5) is 26.1. The molecule has 0 aromatic heterocycles. The van der Waals surface area contributed by atoms with Crippen LogP contribution in [0.4, 0.5) is 11.4 Å². The number of fused-ring (bicyclic) bond motifs is 1. The van der Waals surface area contributed by atoms with Gasteiger partial charge >= 0.3 is 0 Å². The minimum Gasteiger partial charge on any atom is -0.324 e. The van der Waals surface area contributed by atoms with Gasteiger partial charge in [0.05, 0.1) is 10.6 Å². The van der Waals surface area contributed by atoms with Crippen LogP contribution in [0.1, 0.15) is 6.92 Å². The summed E-state index contributed by atoms with van der Waals surface area (Å²) in [6.45, 7) is 1.55. The second-order valence-corrected chi connectivity index (χ2v) is 9.12. The molecule has 0 spiro atoms. The summed E-state index contributed by atoms with van der Waals surface area (Å²) in [6, 6.07) is 13.0. The number of carbonyl (C=O) groups is 2. The third-order valence-electron chi connectivity index (χ3n) is 4.01. The van der Waals surface area contributed by atoms with Gasteiger partial charge in [-0.05, 0) is 50.4 Å². The highest BCUT2D eigenvalue weighted by molar-refractivity contribution is 8.02. The van der Waals surface area contributed by atoms with Crippen molar-refractivity contribution in [3.05, 3.63) is 48.5 Å². The average molecular weight is 391 g/mol. The third-order valence-corrected chi connectivity index (χ3v) is 6.79. The van der Waals surface area contributed by atoms with E-state index >= 15 is 0 Å². The van der Waals surface area contributed by atoms with Crippen molar-refractivity contribution in [2.24, 2.45) is 0 Å². The second-order valence-electron chi connectivity index (χ2n) is 5.77. The van der Waals surface area contributed by atoms with Crippen molar-refractivity contribution in [3.8, 4) is 0 Å². The zero-order valence-electron chi connectivity index (χ0n) is 14.1. The number of benzene rings is 2. The lowest BCUT2D eigenvalue weighted by atomic mass is 10.1. The molecule has 2 aromatic carbocycles. The van der Waals surface area contributed by atoms with Crippen LogP contribution in [0.15, 0.2) is 58.3 Å². The number of amides is 2. The van der Waals surface area contributed by atoms with E-state index in [-0.39, 0.29) is 4.90 Å². The van der Waals surface area contributed by atoms with Crippen LogP contribution < -0.4 is 15.4 Å². The molecule has 0 aliphatic carbocycles. The molecule has 1 heterocycles. The maximum atomic E-state index is 12.7. The van der Waals surface area contributed by atoms with Gasteiger partial charge in [0.2, 0.25) is 21.8 Å². The molecule has 7 nitrogen and oxygen atoms in total. The number of anilines is 2. The molecule has 1 atom stereocenters. The monoisotopic (exact) mass is 391 g/mol. The van der Waals surface area contributed by atoms with Gasteiger partial charge in [0, 0.05) is 10.6 Å². The zero-order chi connectivity index (χ0) is 18.9. The molecule has 0 radical (unpaired) electrons. The third kappa shape index (κ3) is 3.33. The SMILES string of the molecule is CNS(=O)(=O)c1ccc(NC(=O)C2(C)Sc3ccccc3NC2=O)cc1. The topological polar surface area (TPSA) is 104 Å². The molecule has 26 heavy (non-hydrogen) atoms. The number of nitrogens with one attached hydrogen (secondary N) is 3. The normalized spacial score (nSPS) is 19.4. The van der Waals surface area contributed by atoms with E-state index in [2.05, 4.69) is 15.4 Å². The molecule has 1 aliphatic rings. The van der Waals surface area contributed by atoms with Crippen LogP contribution in [0, 0.1) is 0 Å². The molecule has 0 fully saturated rings. The number of carbonyl (C=O) groups excluding carboxylic acids is 2. The molecule has 136 valence electrons. The number of para-hydroxylation sites is 1. The molecule has 0 saturated carbocycles. The van der Waals surface area contributed by atoms with Crippen molar-refractivity contribution in [1.82, 2.24) is 4.72 Å². The van der Waals surface area contributed by atoms with Crippen LogP contribution in [0.3, 0.4) is 0 Å². The van der Waals surface area contributed by atoms with Gasteiger partial charge < -0.3 is 10.6 Å². The van der Waals surface area contributed by atoms with Crippen molar-refractivity contribution in [3.63, 3.8) is 0 Å². The lowest BCUT2D eigenvalue weighted by Crippen LogP contribution is -2.49. The van der Waals surface area contributed by atoms with E-state index in [4.69, 9.17) is 0 Å². The second kappa shape index (κ2) is 6.75. The summed E-state index contributed by atoms with van der Waals surface area (Å²) in [5.41, 5.74) is 1.08. The quantitative estimate of drug-likeness (QED) is 0.692. The van der Waals surface area contributed by atoms with Crippen LogP contribution in [0.25, 0.3) is 0 Å². The van der Waals surface area contributed by atoms with Gasteiger partial charge in [0.1, 0.15) is 0 Å². The van der Waals surface area contributed by atoms with E-state index in [1.807, 2.05) is 18.2 Å². The Labute approximate surface area is 155 Å². The molecule has 3 rings (SSSR count). The predicted octanol–water partition coefficient (Wildman–Crippen LogP) is 2.04. The molecule has 3 N–H and O–H groups in total. The van der Waals surface area contributed by atoms with E-state index in [1.54, 1.807) is 13.0 Å². The molecule has 0 bridgehead atoms. The summed E-state index contributed by atoms with van der Waals surface area (Å²) in [5.74, 6) is -0.896. The molecule has 0 saturated heterocycles. The Morgan fingerprint density at radius 3 is 2.42 bits per heavy atom. The van der Waals surface area contributed by atoms with Gasteiger partial charge in [0.15, 0.2) is 4.75 Å². The number of rotatable bonds is 4. The standard InChI is InChI=1S/C17H17N3O4S2/c1-17(16(22)20-13-5-3-4-6-14(13)25-17)15(21)19-11-7-9-12(10-8-11)26(23,24)18-2/h3-10,18H,1-2H3,(H,19,21)(H,20,22). The molecule has 1 aliphatic heterocycles. The van der Waals surface area contributed by atoms with E-state index in [9.17, 15) is 18.0 Å². The summed E-state index contributed by atoms with van der Waals surface area (Å²) in [6.07, 6.45) is 0. The van der Waals surface area contributed by atoms with E-state index in [0.29, 0.717) is 11.4 Å². The predicted molar refractivity (Wildman–Crippen MR) is 101 cm³/mol. The van der Waals surface area contributed by atoms with Crippen LogP contribution in [0.2, 0.25) is 0 Å². The highest BCUT2D eigenvalue weighted by Gasteiger charge is 2.45. The lowest BCUT2D eigenvalue weighted by Gasteiger charge is -2.31. The average Bonchev–Trinajstić information content (AvgIpc) is 2.63. The highest BCUT2D eigenvalue weighted by Crippen LogP contribution is 2.42. The number of hydrogen-bond donors (Lipinski definition) is 3. The largest absolute Gasteiger partial charge is 0.324 e. The highest BCUT2D eigenvalue weighted by atomic mass is 32.2. The minimum atomic E-state index is -3.55. The van der Waals surface area contributed by atoms with Crippen molar-refractivity contribution < 1.29 is 18.0 Å². The maximum absolute atomic E-state index is 12.7. The zero-order valence-corrected chi connectivity index (χ0v) is 15.7. The van der Waals surface area contributed by atoms with E-state index in [1.165, 1.54) is 43.1 Å². The van der Waals surface area contributed by atoms with Crippen molar-refractivity contribution in [1.29, 1.82) is 0 Å². The summed E-state index contributed by atoms with van der Waals surface area (Å²) < 4.78 is 24.4. The molecule has 2 aromatic rings. The number of thioether (sulfide) groups is 1. The first kappa shape index (κ1) is 18.4. The fraction of sp³-hybridized carbons (Fsp3) is 0.176. The van der Waals surface area contributed by atoms with Gasteiger partial charge in [0.25, 0.3) is 0 Å². The van der Waals surface area contributed by atoms with E-state index < -0.39 is 26.6 Å². The molecular formula is C17H17N3O4S2. The minimum absolute atomic E-state index is 0.0860. The van der Waals surface area contributed by atoms with Gasteiger partial charge in [-0.25, -0.2) is 13.1 Å². The first-order chi connectivity index (χ1) is 12.3. The Kier molecular flexibility index (Phi) is 4.78. The molecule has 9 heteroatoms. The van der Waals surface area contributed by atoms with Gasteiger partial charge in [-0.2, -0.15) is 0 Å². The Morgan fingerprint density at radius 2 is 1.77 bits per heavy atom. The van der Waals surface area contributed by atoms with Crippen LogP contribution in [-0.4, -0.2) is 32.0 Å². The molecule has 1 unspecified atom stereocenters. The van der Waals surface area contributed by atoms with Gasteiger partial charge in [-0.1, -0.05) is 23.9 Å². The Morgan fingerprint density at radius 1 is 1.12 bits per heavy atom. The fourth-order valence-electron chi connectivity index (χ4n) is 2.40. The Hall–Kier alpha value is -2.36. The van der Waals surface area contributed by atoms with Gasteiger partial charge in [-0.3, -0.25) is 9.59 Å². The molecular weight excluding hydrogens is 374 g/mol. The number of hydrogen-bond acceptors (Lipinski definition) is 5. The van der Waals surface area contributed by atoms with Crippen LogP contribution in [-0.2, 0) is 19.6 Å². The Bertz CT molecular complexity index is 974.